The Labute approximate surface area is 264 Å². The largest absolute Gasteiger partial charge is 0.385 e. The first-order valence-corrected chi connectivity index (χ1v) is 15.0. The number of pyridine rings is 1. The normalized spacial score (nSPS) is 20.1. The number of nitrogens with one attached hydrogen (secondary N) is 1. The Kier molecular flexibility index (Phi) is 8.00. The number of fused-ring (bicyclic) bond motifs is 1. The first kappa shape index (κ1) is 30.3. The molecule has 44 heavy (non-hydrogen) atoms. The van der Waals surface area contributed by atoms with E-state index in [-0.39, 0.29) is 35.1 Å². The maximum atomic E-state index is 16.5. The molecule has 2 aromatic heterocycles. The van der Waals surface area contributed by atoms with E-state index in [4.69, 9.17) is 27.9 Å². The Morgan fingerprint density at radius 1 is 1.14 bits per heavy atom. The lowest BCUT2D eigenvalue weighted by atomic mass is 9.76. The van der Waals surface area contributed by atoms with Gasteiger partial charge in [-0.1, -0.05) is 35.3 Å². The van der Waals surface area contributed by atoms with Crippen molar-refractivity contribution in [2.75, 3.05) is 20.2 Å². The molecule has 0 bridgehead atoms. The molecule has 0 aliphatic carbocycles. The third-order valence-electron chi connectivity index (χ3n) is 8.91. The number of aliphatic hydroxyl groups is 1. The molecular formula is C33H31Cl2FN4O4. The summed E-state index contributed by atoms with van der Waals surface area (Å²) in [5, 5.41) is 12.8. The number of carbonyl (C=O) groups is 2. The number of aromatic nitrogens is 2. The smallest absolute Gasteiger partial charge is 0.270 e. The van der Waals surface area contributed by atoms with Crippen molar-refractivity contribution in [1.29, 1.82) is 0 Å². The van der Waals surface area contributed by atoms with Crippen LogP contribution in [-0.4, -0.2) is 56.9 Å². The molecule has 228 valence electrons. The average molecular weight is 638 g/mol. The van der Waals surface area contributed by atoms with Crippen molar-refractivity contribution < 1.29 is 23.8 Å². The molecule has 2 amide bonds. The molecule has 0 radical (unpaired) electrons. The Bertz CT molecular complexity index is 1690. The van der Waals surface area contributed by atoms with Gasteiger partial charge in [0.25, 0.3) is 11.8 Å². The molecule has 4 aromatic rings. The van der Waals surface area contributed by atoms with Crippen molar-refractivity contribution in [2.45, 2.75) is 37.6 Å². The number of likely N-dealkylation sites (tertiary alicyclic amines) is 1. The number of hydrogen-bond acceptors (Lipinski definition) is 5. The van der Waals surface area contributed by atoms with Crippen molar-refractivity contribution in [3.05, 3.63) is 123 Å². The lowest BCUT2D eigenvalue weighted by Crippen LogP contribution is -2.46. The van der Waals surface area contributed by atoms with Crippen LogP contribution in [0.15, 0.2) is 73.1 Å². The zero-order chi connectivity index (χ0) is 31.2. The summed E-state index contributed by atoms with van der Waals surface area (Å²) in [7, 11) is 1.42. The van der Waals surface area contributed by atoms with E-state index in [0.29, 0.717) is 52.9 Å². The van der Waals surface area contributed by atoms with E-state index in [1.807, 2.05) is 0 Å². The lowest BCUT2D eigenvalue weighted by molar-refractivity contribution is -0.0886. The molecule has 4 heterocycles. The topological polar surface area (TPSA) is 98.8 Å². The summed E-state index contributed by atoms with van der Waals surface area (Å²) in [5.74, 6) is -1.54. The molecule has 2 aromatic carbocycles. The molecule has 1 fully saturated rings. The van der Waals surface area contributed by atoms with Crippen molar-refractivity contribution in [3.63, 3.8) is 0 Å². The Morgan fingerprint density at radius 3 is 2.45 bits per heavy atom. The van der Waals surface area contributed by atoms with E-state index >= 15 is 4.39 Å². The summed E-state index contributed by atoms with van der Waals surface area (Å²) in [6.07, 6.45) is 4.20. The Balaban J connectivity index is 1.37. The quantitative estimate of drug-likeness (QED) is 0.255. The first-order valence-electron chi connectivity index (χ1n) is 14.3. The van der Waals surface area contributed by atoms with Crippen LogP contribution in [-0.2, 0) is 22.6 Å². The van der Waals surface area contributed by atoms with E-state index in [1.165, 1.54) is 24.3 Å². The number of carbonyl (C=O) groups excluding carboxylic acids is 2. The van der Waals surface area contributed by atoms with Crippen LogP contribution in [0.2, 0.25) is 10.0 Å². The minimum atomic E-state index is -1.63. The van der Waals surface area contributed by atoms with Crippen molar-refractivity contribution in [2.24, 2.45) is 5.92 Å². The van der Waals surface area contributed by atoms with Crippen molar-refractivity contribution >= 4 is 35.0 Å². The van der Waals surface area contributed by atoms with Gasteiger partial charge in [-0.3, -0.25) is 19.5 Å². The second-order valence-corrected chi connectivity index (χ2v) is 12.3. The van der Waals surface area contributed by atoms with Gasteiger partial charge < -0.3 is 19.7 Å². The van der Waals surface area contributed by atoms with E-state index < -0.39 is 23.1 Å². The zero-order valence-corrected chi connectivity index (χ0v) is 25.7. The number of rotatable bonds is 7. The highest BCUT2D eigenvalue weighted by Crippen LogP contribution is 2.49. The standard InChI is InChI=1S/C33H31Cl2FN4O4/c1-32(43,20-11-14-39(15-12-20)31(42)28-4-3-13-37-28)22-16-26-29(27(36)17-22)33(44-2,21-5-7-23(34)8-6-21)40(30(26)41)19-25-10-9-24(35)18-38-25/h3-10,13,16-18,20,37,43H,11-12,14-15,19H2,1-2H3/t32?,33-/m1/s1. The highest BCUT2D eigenvalue weighted by Gasteiger charge is 2.54. The van der Waals surface area contributed by atoms with Crippen LogP contribution in [0.5, 0.6) is 0 Å². The van der Waals surface area contributed by atoms with Gasteiger partial charge in [0.2, 0.25) is 0 Å². The fourth-order valence-corrected chi connectivity index (χ4v) is 6.74. The third-order valence-corrected chi connectivity index (χ3v) is 9.39. The van der Waals surface area contributed by atoms with Crippen molar-refractivity contribution in [3.8, 4) is 0 Å². The van der Waals surface area contributed by atoms with Crippen LogP contribution in [0.4, 0.5) is 4.39 Å². The Morgan fingerprint density at radius 2 is 1.84 bits per heavy atom. The van der Waals surface area contributed by atoms with Crippen molar-refractivity contribution in [1.82, 2.24) is 19.8 Å². The number of benzene rings is 2. The number of hydrogen-bond donors (Lipinski definition) is 2. The van der Waals surface area contributed by atoms with Gasteiger partial charge in [0.05, 0.1) is 34.0 Å². The van der Waals surface area contributed by atoms with Crippen LogP contribution in [0.1, 0.15) is 63.0 Å². The highest BCUT2D eigenvalue weighted by atomic mass is 35.5. The number of amides is 2. The molecular weight excluding hydrogens is 606 g/mol. The molecule has 2 aliphatic rings. The van der Waals surface area contributed by atoms with Crippen LogP contribution in [0.3, 0.4) is 0 Å². The Hall–Kier alpha value is -3.76. The summed E-state index contributed by atoms with van der Waals surface area (Å²) in [4.78, 5) is 37.5. The molecule has 11 heteroatoms. The highest BCUT2D eigenvalue weighted by molar-refractivity contribution is 6.30. The maximum Gasteiger partial charge on any atom is 0.270 e. The second-order valence-electron chi connectivity index (χ2n) is 11.4. The fourth-order valence-electron chi connectivity index (χ4n) is 6.50. The van der Waals surface area contributed by atoms with Crippen LogP contribution in [0, 0.1) is 11.7 Å². The molecule has 0 spiro atoms. The number of H-pyrrole nitrogens is 1. The molecule has 6 rings (SSSR count). The molecule has 1 saturated heterocycles. The second kappa shape index (κ2) is 11.6. The monoisotopic (exact) mass is 636 g/mol. The summed E-state index contributed by atoms with van der Waals surface area (Å²) in [5.41, 5.74) is -1.14. The van der Waals surface area contributed by atoms with E-state index in [9.17, 15) is 14.7 Å². The van der Waals surface area contributed by atoms with Crippen LogP contribution >= 0.6 is 23.2 Å². The SMILES string of the molecule is CO[C@]1(c2ccc(Cl)cc2)c2c(F)cc(C(C)(O)C3CCN(C(=O)c4ccc[nH]4)CC3)cc2C(=O)N1Cc1ccc(Cl)cn1. The van der Waals surface area contributed by atoms with E-state index in [1.54, 1.807) is 72.6 Å². The van der Waals surface area contributed by atoms with Gasteiger partial charge in [0, 0.05) is 43.2 Å². The minimum Gasteiger partial charge on any atom is -0.385 e. The van der Waals surface area contributed by atoms with Gasteiger partial charge in [-0.2, -0.15) is 0 Å². The van der Waals surface area contributed by atoms with Gasteiger partial charge >= 0.3 is 0 Å². The van der Waals surface area contributed by atoms with Gasteiger partial charge in [-0.15, -0.1) is 0 Å². The summed E-state index contributed by atoms with van der Waals surface area (Å²) in [6, 6.07) is 16.4. The number of methoxy groups -OCH3 is 1. The summed E-state index contributed by atoms with van der Waals surface area (Å²) >= 11 is 12.2. The van der Waals surface area contributed by atoms with Gasteiger partial charge in [-0.05, 0) is 79.8 Å². The third kappa shape index (κ3) is 5.07. The molecule has 0 saturated carbocycles. The number of halogens is 3. The van der Waals surface area contributed by atoms with Crippen LogP contribution in [0.25, 0.3) is 0 Å². The summed E-state index contributed by atoms with van der Waals surface area (Å²) in [6.45, 7) is 2.52. The molecule has 8 nitrogen and oxygen atoms in total. The number of piperidine rings is 1. The lowest BCUT2D eigenvalue weighted by Gasteiger charge is -2.40. The molecule has 2 atom stereocenters. The number of aromatic amines is 1. The predicted octanol–water partition coefficient (Wildman–Crippen LogP) is 6.12. The van der Waals surface area contributed by atoms with E-state index in [2.05, 4.69) is 9.97 Å². The predicted molar refractivity (Wildman–Crippen MR) is 164 cm³/mol. The molecule has 2 N–H and O–H groups in total. The molecule has 2 aliphatic heterocycles. The van der Waals surface area contributed by atoms with Gasteiger partial charge in [0.15, 0.2) is 5.72 Å². The average Bonchev–Trinajstić information content (AvgIpc) is 3.65. The number of nitrogens with zero attached hydrogens (tertiary/aromatic N) is 3. The first-order chi connectivity index (χ1) is 21.1. The van der Waals surface area contributed by atoms with Gasteiger partial charge in [0.1, 0.15) is 11.5 Å². The van der Waals surface area contributed by atoms with Gasteiger partial charge in [-0.25, -0.2) is 4.39 Å². The van der Waals surface area contributed by atoms with Crippen LogP contribution < -0.4 is 0 Å². The minimum absolute atomic E-state index is 0.000382. The molecule has 1 unspecified atom stereocenters. The summed E-state index contributed by atoms with van der Waals surface area (Å²) < 4.78 is 22.6. The number of ether oxygens (including phenoxy) is 1. The van der Waals surface area contributed by atoms with E-state index in [0.717, 1.165) is 0 Å². The fraction of sp³-hybridized carbons (Fsp3) is 0.303. The maximum absolute atomic E-state index is 16.5. The zero-order valence-electron chi connectivity index (χ0n) is 24.2.